The third-order valence-electron chi connectivity index (χ3n) is 2.09. The van der Waals surface area contributed by atoms with E-state index in [1.165, 1.54) is 0 Å². The first-order valence-corrected chi connectivity index (χ1v) is 4.44. The Morgan fingerprint density at radius 3 is 2.36 bits per heavy atom. The molecule has 0 saturated heterocycles. The normalized spacial score (nSPS) is 11.4. The van der Waals surface area contributed by atoms with Crippen LogP contribution in [0, 0.1) is 0 Å². The van der Waals surface area contributed by atoms with E-state index >= 15 is 0 Å². The van der Waals surface area contributed by atoms with Gasteiger partial charge in [0.2, 0.25) is 5.91 Å². The van der Waals surface area contributed by atoms with Gasteiger partial charge in [0.25, 0.3) is 0 Å². The van der Waals surface area contributed by atoms with E-state index in [0.717, 1.165) is 16.8 Å². The van der Waals surface area contributed by atoms with Gasteiger partial charge in [-0.2, -0.15) is 0 Å². The van der Waals surface area contributed by atoms with Crippen molar-refractivity contribution in [2.24, 2.45) is 10.7 Å². The minimum absolute atomic E-state index is 0.294. The molecule has 0 saturated carbocycles. The zero-order chi connectivity index (χ0) is 10.6. The Kier molecular flexibility index (Phi) is 3.40. The first-order valence-electron chi connectivity index (χ1n) is 4.44. The van der Waals surface area contributed by atoms with Crippen LogP contribution in [0.2, 0.25) is 0 Å². The maximum absolute atomic E-state index is 10.6. The van der Waals surface area contributed by atoms with Gasteiger partial charge in [0.1, 0.15) is 0 Å². The third-order valence-corrected chi connectivity index (χ3v) is 2.09. The van der Waals surface area contributed by atoms with Crippen LogP contribution in [0.25, 0.3) is 0 Å². The number of carbonyl (C=O) groups is 1. The van der Waals surface area contributed by atoms with Crippen molar-refractivity contribution in [2.45, 2.75) is 13.3 Å². The molecule has 1 amide bonds. The number of amides is 1. The maximum atomic E-state index is 10.6. The Labute approximate surface area is 83.7 Å². The van der Waals surface area contributed by atoms with Gasteiger partial charge in [-0.05, 0) is 18.1 Å². The van der Waals surface area contributed by atoms with Gasteiger partial charge in [0.05, 0.1) is 6.42 Å². The lowest BCUT2D eigenvalue weighted by molar-refractivity contribution is -0.117. The molecule has 0 bridgehead atoms. The van der Waals surface area contributed by atoms with E-state index in [1.807, 2.05) is 31.2 Å². The molecular weight excluding hydrogens is 176 g/mol. The first kappa shape index (κ1) is 10.4. The van der Waals surface area contributed by atoms with Crippen LogP contribution in [0.4, 0.5) is 0 Å². The quantitative estimate of drug-likeness (QED) is 0.714. The third kappa shape index (κ3) is 2.69. The van der Waals surface area contributed by atoms with Crippen LogP contribution in [0.1, 0.15) is 18.1 Å². The predicted octanol–water partition coefficient (Wildman–Crippen LogP) is 1.15. The Hall–Kier alpha value is -1.64. The molecule has 1 aromatic rings. The average molecular weight is 190 g/mol. The summed E-state index contributed by atoms with van der Waals surface area (Å²) in [4.78, 5) is 14.7. The molecule has 0 unspecified atom stereocenters. The fourth-order valence-corrected chi connectivity index (χ4v) is 1.19. The van der Waals surface area contributed by atoms with Gasteiger partial charge in [-0.3, -0.25) is 9.79 Å². The van der Waals surface area contributed by atoms with Gasteiger partial charge in [-0.1, -0.05) is 24.3 Å². The highest BCUT2D eigenvalue weighted by molar-refractivity contribution is 5.98. The molecular formula is C11H14N2O. The number of nitrogens with zero attached hydrogens (tertiary/aromatic N) is 1. The molecule has 0 aliphatic carbocycles. The second-order valence-electron chi connectivity index (χ2n) is 3.15. The van der Waals surface area contributed by atoms with Crippen LogP contribution >= 0.6 is 0 Å². The van der Waals surface area contributed by atoms with Crippen molar-refractivity contribution < 1.29 is 4.79 Å². The van der Waals surface area contributed by atoms with Gasteiger partial charge in [-0.25, -0.2) is 0 Å². The van der Waals surface area contributed by atoms with E-state index in [9.17, 15) is 4.79 Å². The summed E-state index contributed by atoms with van der Waals surface area (Å²) in [5.41, 5.74) is 8.07. The minimum Gasteiger partial charge on any atom is -0.369 e. The molecule has 0 aromatic heterocycles. The van der Waals surface area contributed by atoms with E-state index in [4.69, 9.17) is 5.73 Å². The largest absolute Gasteiger partial charge is 0.369 e. The van der Waals surface area contributed by atoms with Crippen LogP contribution in [-0.2, 0) is 11.2 Å². The highest BCUT2D eigenvalue weighted by Crippen LogP contribution is 2.06. The number of nitrogens with two attached hydrogens (primary N) is 1. The molecule has 0 spiro atoms. The number of hydrogen-bond donors (Lipinski definition) is 1. The second kappa shape index (κ2) is 4.56. The van der Waals surface area contributed by atoms with Crippen molar-refractivity contribution >= 4 is 11.6 Å². The lowest BCUT2D eigenvalue weighted by Crippen LogP contribution is -2.13. The van der Waals surface area contributed by atoms with E-state index in [2.05, 4.69) is 4.99 Å². The fourth-order valence-electron chi connectivity index (χ4n) is 1.19. The lowest BCUT2D eigenvalue weighted by Gasteiger charge is -2.01. The average Bonchev–Trinajstić information content (AvgIpc) is 2.17. The Bertz CT molecular complexity index is 352. The first-order chi connectivity index (χ1) is 6.63. The van der Waals surface area contributed by atoms with Crippen molar-refractivity contribution in [3.8, 4) is 0 Å². The number of carbonyl (C=O) groups excluding carboxylic acids is 1. The van der Waals surface area contributed by atoms with Crippen LogP contribution in [0.5, 0.6) is 0 Å². The van der Waals surface area contributed by atoms with Gasteiger partial charge in [0.15, 0.2) is 0 Å². The van der Waals surface area contributed by atoms with Gasteiger partial charge >= 0.3 is 0 Å². The summed E-state index contributed by atoms with van der Waals surface area (Å²) in [6, 6.07) is 7.69. The van der Waals surface area contributed by atoms with Crippen molar-refractivity contribution in [3.05, 3.63) is 35.4 Å². The molecule has 0 aliphatic rings. The smallest absolute Gasteiger partial charge is 0.221 e. The standard InChI is InChI=1S/C11H14N2O/c1-8(13-2)10-5-3-9(4-6-10)7-11(12)14/h3-6H,7H2,1-2H3,(H2,12,14)/b13-8+. The Morgan fingerprint density at radius 1 is 1.36 bits per heavy atom. The summed E-state index contributed by atoms with van der Waals surface area (Å²) >= 11 is 0. The summed E-state index contributed by atoms with van der Waals surface area (Å²) < 4.78 is 0. The summed E-state index contributed by atoms with van der Waals surface area (Å²) in [6.07, 6.45) is 0.294. The molecule has 14 heavy (non-hydrogen) atoms. The molecule has 0 heterocycles. The number of benzene rings is 1. The topological polar surface area (TPSA) is 55.4 Å². The Morgan fingerprint density at radius 2 is 1.93 bits per heavy atom. The molecule has 1 aromatic carbocycles. The number of aliphatic imine (C=N–C) groups is 1. The predicted molar refractivity (Wildman–Crippen MR) is 57.5 cm³/mol. The van der Waals surface area contributed by atoms with E-state index in [1.54, 1.807) is 7.05 Å². The molecule has 0 aliphatic heterocycles. The minimum atomic E-state index is -0.307. The van der Waals surface area contributed by atoms with E-state index in [-0.39, 0.29) is 5.91 Å². The van der Waals surface area contributed by atoms with Gasteiger partial charge in [0, 0.05) is 12.8 Å². The zero-order valence-corrected chi connectivity index (χ0v) is 8.45. The number of rotatable bonds is 3. The molecule has 3 nitrogen and oxygen atoms in total. The summed E-state index contributed by atoms with van der Waals surface area (Å²) in [5, 5.41) is 0. The molecule has 0 fully saturated rings. The molecule has 0 radical (unpaired) electrons. The summed E-state index contributed by atoms with van der Waals surface area (Å²) in [5.74, 6) is -0.307. The highest BCUT2D eigenvalue weighted by Gasteiger charge is 1.99. The SMILES string of the molecule is C/N=C(\C)c1ccc(CC(N)=O)cc1. The number of hydrogen-bond acceptors (Lipinski definition) is 2. The maximum Gasteiger partial charge on any atom is 0.221 e. The van der Waals surface area contributed by atoms with Gasteiger partial charge in [-0.15, -0.1) is 0 Å². The molecule has 0 atom stereocenters. The second-order valence-corrected chi connectivity index (χ2v) is 3.15. The van der Waals surface area contributed by atoms with Crippen molar-refractivity contribution in [1.29, 1.82) is 0 Å². The highest BCUT2D eigenvalue weighted by atomic mass is 16.1. The van der Waals surface area contributed by atoms with Crippen LogP contribution < -0.4 is 5.73 Å². The Balaban J connectivity index is 2.83. The van der Waals surface area contributed by atoms with Gasteiger partial charge < -0.3 is 5.73 Å². The molecule has 2 N–H and O–H groups in total. The monoisotopic (exact) mass is 190 g/mol. The molecule has 74 valence electrons. The zero-order valence-electron chi connectivity index (χ0n) is 8.45. The van der Waals surface area contributed by atoms with Crippen LogP contribution in [-0.4, -0.2) is 18.7 Å². The van der Waals surface area contributed by atoms with Crippen molar-refractivity contribution in [1.82, 2.24) is 0 Å². The van der Waals surface area contributed by atoms with Crippen LogP contribution in [0.15, 0.2) is 29.3 Å². The summed E-state index contributed by atoms with van der Waals surface area (Å²) in [7, 11) is 1.76. The van der Waals surface area contributed by atoms with E-state index < -0.39 is 0 Å². The summed E-state index contributed by atoms with van der Waals surface area (Å²) in [6.45, 7) is 1.95. The number of primary amides is 1. The van der Waals surface area contributed by atoms with Crippen molar-refractivity contribution in [2.75, 3.05) is 7.05 Å². The van der Waals surface area contributed by atoms with Crippen LogP contribution in [0.3, 0.4) is 0 Å². The molecule has 1 rings (SSSR count). The van der Waals surface area contributed by atoms with E-state index in [0.29, 0.717) is 6.42 Å². The van der Waals surface area contributed by atoms with Crippen molar-refractivity contribution in [3.63, 3.8) is 0 Å². The fraction of sp³-hybridized carbons (Fsp3) is 0.273. The molecule has 3 heteroatoms. The lowest BCUT2D eigenvalue weighted by atomic mass is 10.1.